The lowest BCUT2D eigenvalue weighted by atomic mass is 10.1. The van der Waals surface area contributed by atoms with Gasteiger partial charge in [0.1, 0.15) is 0 Å². The van der Waals surface area contributed by atoms with Crippen LogP contribution in [-0.2, 0) is 19.6 Å². The summed E-state index contributed by atoms with van der Waals surface area (Å²) in [7, 11) is 0. The van der Waals surface area contributed by atoms with Gasteiger partial charge in [0.2, 0.25) is 0 Å². The van der Waals surface area contributed by atoms with E-state index in [0.717, 1.165) is 38.4 Å². The molecule has 0 amide bonds. The van der Waals surface area contributed by atoms with Gasteiger partial charge in [-0.15, -0.1) is 5.10 Å². The van der Waals surface area contributed by atoms with Crippen LogP contribution in [0.25, 0.3) is 0 Å². The molecule has 0 radical (unpaired) electrons. The van der Waals surface area contributed by atoms with Gasteiger partial charge < -0.3 is 5.32 Å². The quantitative estimate of drug-likeness (QED) is 0.811. The van der Waals surface area contributed by atoms with Crippen molar-refractivity contribution in [3.05, 3.63) is 46.5 Å². The lowest BCUT2D eigenvalue weighted by Gasteiger charge is -2.20. The van der Waals surface area contributed by atoms with Gasteiger partial charge in [0.15, 0.2) is 0 Å². The van der Waals surface area contributed by atoms with Gasteiger partial charge in [0.05, 0.1) is 5.69 Å². The van der Waals surface area contributed by atoms with E-state index in [2.05, 4.69) is 57.9 Å². The number of rotatable bonds is 8. The third kappa shape index (κ3) is 4.37. The van der Waals surface area contributed by atoms with E-state index < -0.39 is 0 Å². The fraction of sp³-hybridized carbons (Fsp3) is 0.467. The second kappa shape index (κ2) is 8.09. The Morgan fingerprint density at radius 1 is 1.10 bits per heavy atom. The van der Waals surface area contributed by atoms with E-state index in [-0.39, 0.29) is 0 Å². The minimum Gasteiger partial charge on any atom is -0.307 e. The van der Waals surface area contributed by atoms with Crippen LogP contribution in [0.3, 0.4) is 0 Å². The summed E-state index contributed by atoms with van der Waals surface area (Å²) in [5.41, 5.74) is 3.78. The Morgan fingerprint density at radius 2 is 1.85 bits per heavy atom. The zero-order valence-corrected chi connectivity index (χ0v) is 13.0. The van der Waals surface area contributed by atoms with E-state index in [1.165, 1.54) is 22.7 Å². The van der Waals surface area contributed by atoms with E-state index in [0.29, 0.717) is 0 Å². The topological polar surface area (TPSA) is 41.0 Å². The third-order valence-corrected chi connectivity index (χ3v) is 3.99. The molecule has 5 heteroatoms. The Bertz CT molecular complexity index is 494. The van der Waals surface area contributed by atoms with E-state index in [1.807, 2.05) is 5.38 Å². The van der Waals surface area contributed by atoms with Crippen LogP contribution in [-0.4, -0.2) is 27.6 Å². The van der Waals surface area contributed by atoms with Gasteiger partial charge in [0, 0.05) is 25.0 Å². The highest BCUT2D eigenvalue weighted by Gasteiger charge is 2.06. The maximum atomic E-state index is 4.04. The SMILES string of the molecule is CCN(CC)Cc1ccccc1CNCc1csnn1. The highest BCUT2D eigenvalue weighted by Crippen LogP contribution is 2.12. The first-order chi connectivity index (χ1) is 9.83. The molecule has 0 saturated heterocycles. The fourth-order valence-corrected chi connectivity index (χ4v) is 2.61. The van der Waals surface area contributed by atoms with Crippen molar-refractivity contribution in [2.45, 2.75) is 33.5 Å². The molecule has 1 heterocycles. The molecular formula is C15H22N4S. The van der Waals surface area contributed by atoms with Crippen LogP contribution >= 0.6 is 11.5 Å². The molecule has 0 spiro atoms. The fourth-order valence-electron chi connectivity index (χ4n) is 2.16. The zero-order chi connectivity index (χ0) is 14.2. The minimum atomic E-state index is 0.774. The summed E-state index contributed by atoms with van der Waals surface area (Å²) in [6.07, 6.45) is 0. The average molecular weight is 290 g/mol. The average Bonchev–Trinajstić information content (AvgIpc) is 2.99. The summed E-state index contributed by atoms with van der Waals surface area (Å²) < 4.78 is 3.87. The van der Waals surface area contributed by atoms with E-state index in [9.17, 15) is 0 Å². The normalized spacial score (nSPS) is 11.2. The molecule has 2 rings (SSSR count). The lowest BCUT2D eigenvalue weighted by Crippen LogP contribution is -2.23. The first-order valence-electron chi connectivity index (χ1n) is 7.09. The maximum absolute atomic E-state index is 4.04. The number of aromatic nitrogens is 2. The molecular weight excluding hydrogens is 268 g/mol. The van der Waals surface area contributed by atoms with Crippen LogP contribution in [0, 0.1) is 0 Å². The Balaban J connectivity index is 1.93. The van der Waals surface area contributed by atoms with E-state index >= 15 is 0 Å². The Hall–Kier alpha value is -1.30. The molecule has 0 bridgehead atoms. The van der Waals surface area contributed by atoms with Crippen molar-refractivity contribution >= 4 is 11.5 Å². The molecule has 0 aliphatic carbocycles. The zero-order valence-electron chi connectivity index (χ0n) is 12.2. The predicted octanol–water partition coefficient (Wildman–Crippen LogP) is 2.67. The molecule has 4 nitrogen and oxygen atoms in total. The van der Waals surface area contributed by atoms with Crippen LogP contribution in [0.15, 0.2) is 29.6 Å². The summed E-state index contributed by atoms with van der Waals surface area (Å²) in [6, 6.07) is 8.64. The van der Waals surface area contributed by atoms with Crippen LogP contribution in [0.5, 0.6) is 0 Å². The van der Waals surface area contributed by atoms with Crippen molar-refractivity contribution in [1.29, 1.82) is 0 Å². The first kappa shape index (κ1) is 15.1. The molecule has 20 heavy (non-hydrogen) atoms. The molecule has 108 valence electrons. The summed E-state index contributed by atoms with van der Waals surface area (Å²) in [6.45, 7) is 9.25. The Labute approximate surface area is 125 Å². The predicted molar refractivity (Wildman–Crippen MR) is 83.5 cm³/mol. The number of benzene rings is 1. The van der Waals surface area contributed by atoms with Crippen LogP contribution in [0.2, 0.25) is 0 Å². The summed E-state index contributed by atoms with van der Waals surface area (Å²) in [4.78, 5) is 2.43. The van der Waals surface area contributed by atoms with E-state index in [4.69, 9.17) is 0 Å². The third-order valence-electron chi connectivity index (χ3n) is 3.43. The van der Waals surface area contributed by atoms with Gasteiger partial charge in [-0.25, -0.2) is 0 Å². The minimum absolute atomic E-state index is 0.774. The molecule has 1 aromatic carbocycles. The van der Waals surface area contributed by atoms with E-state index in [1.54, 1.807) is 0 Å². The molecule has 0 saturated carbocycles. The standard InChI is InChI=1S/C15H22N4S/c1-3-19(4-2)11-14-8-6-5-7-13(14)9-16-10-15-12-20-18-17-15/h5-8,12,16H,3-4,9-11H2,1-2H3. The first-order valence-corrected chi connectivity index (χ1v) is 7.93. The van der Waals surface area contributed by atoms with Crippen LogP contribution in [0.1, 0.15) is 30.7 Å². The van der Waals surface area contributed by atoms with Crippen molar-refractivity contribution in [1.82, 2.24) is 19.8 Å². The monoisotopic (exact) mass is 290 g/mol. The molecule has 2 aromatic rings. The molecule has 0 aliphatic rings. The van der Waals surface area contributed by atoms with Crippen molar-refractivity contribution in [2.75, 3.05) is 13.1 Å². The molecule has 1 N–H and O–H groups in total. The number of nitrogens with one attached hydrogen (secondary N) is 1. The van der Waals surface area contributed by atoms with Gasteiger partial charge in [-0.05, 0) is 35.7 Å². The second-order valence-electron chi connectivity index (χ2n) is 4.73. The summed E-state index contributed by atoms with van der Waals surface area (Å²) in [5.74, 6) is 0. The highest BCUT2D eigenvalue weighted by atomic mass is 32.1. The van der Waals surface area contributed by atoms with Gasteiger partial charge in [0.25, 0.3) is 0 Å². The summed E-state index contributed by atoms with van der Waals surface area (Å²) >= 11 is 1.40. The van der Waals surface area contributed by atoms with Crippen LogP contribution in [0.4, 0.5) is 0 Å². The van der Waals surface area contributed by atoms with Crippen molar-refractivity contribution < 1.29 is 0 Å². The number of hydrogen-bond acceptors (Lipinski definition) is 5. The number of hydrogen-bond donors (Lipinski definition) is 1. The van der Waals surface area contributed by atoms with Gasteiger partial charge in [-0.2, -0.15) is 0 Å². The van der Waals surface area contributed by atoms with Gasteiger partial charge in [-0.1, -0.05) is 42.6 Å². The van der Waals surface area contributed by atoms with Gasteiger partial charge >= 0.3 is 0 Å². The van der Waals surface area contributed by atoms with Crippen molar-refractivity contribution in [3.63, 3.8) is 0 Å². The highest BCUT2D eigenvalue weighted by molar-refractivity contribution is 7.03. The number of nitrogens with zero attached hydrogens (tertiary/aromatic N) is 3. The van der Waals surface area contributed by atoms with Crippen molar-refractivity contribution in [3.8, 4) is 0 Å². The Morgan fingerprint density at radius 3 is 2.50 bits per heavy atom. The maximum Gasteiger partial charge on any atom is 0.0893 e. The lowest BCUT2D eigenvalue weighted by molar-refractivity contribution is 0.294. The largest absolute Gasteiger partial charge is 0.307 e. The Kier molecular flexibility index (Phi) is 6.11. The van der Waals surface area contributed by atoms with Gasteiger partial charge in [-0.3, -0.25) is 4.90 Å². The van der Waals surface area contributed by atoms with Crippen molar-refractivity contribution in [2.24, 2.45) is 0 Å². The second-order valence-corrected chi connectivity index (χ2v) is 5.34. The summed E-state index contributed by atoms with van der Waals surface area (Å²) in [5, 5.41) is 9.46. The molecule has 0 unspecified atom stereocenters. The molecule has 0 fully saturated rings. The molecule has 0 atom stereocenters. The van der Waals surface area contributed by atoms with Crippen LogP contribution < -0.4 is 5.32 Å². The smallest absolute Gasteiger partial charge is 0.0893 e. The molecule has 0 aliphatic heterocycles. The molecule has 1 aromatic heterocycles.